The van der Waals surface area contributed by atoms with Crippen molar-refractivity contribution in [3.05, 3.63) is 5.32 Å². The predicted molar refractivity (Wildman–Crippen MR) is 56.7 cm³/mol. The number of alkyl halides is 3. The molecule has 3 N–H and O–H groups in total. The fourth-order valence-electron chi connectivity index (χ4n) is 1.43. The molecule has 8 heteroatoms. The van der Waals surface area contributed by atoms with Crippen molar-refractivity contribution < 1.29 is 34.9 Å². The van der Waals surface area contributed by atoms with Crippen LogP contribution >= 0.6 is 0 Å². The smallest absolute Gasteiger partial charge is 0.374 e. The van der Waals surface area contributed by atoms with Crippen molar-refractivity contribution in [3.8, 4) is 0 Å². The predicted octanol–water partition coefficient (Wildman–Crippen LogP) is 0.0709. The van der Waals surface area contributed by atoms with E-state index in [1.165, 1.54) is 0 Å². The quantitative estimate of drug-likeness (QED) is 0.553. The molecule has 4 nitrogen and oxygen atoms in total. The largest absolute Gasteiger partial charge is 0.650 e. The molecular weight excluding hydrogens is 269 g/mol. The van der Waals surface area contributed by atoms with Crippen LogP contribution in [0.2, 0.25) is 0 Å². The molecule has 1 aliphatic heterocycles. The van der Waals surface area contributed by atoms with Crippen molar-refractivity contribution in [2.24, 2.45) is 0 Å². The van der Waals surface area contributed by atoms with Crippen LogP contribution in [0.25, 0.3) is 5.32 Å². The van der Waals surface area contributed by atoms with Gasteiger partial charge in [0.2, 0.25) is 0 Å². The second-order valence-corrected chi connectivity index (χ2v) is 3.67. The Morgan fingerprint density at radius 3 is 2.00 bits per heavy atom. The molecule has 0 saturated carbocycles. The van der Waals surface area contributed by atoms with Gasteiger partial charge in [-0.05, 0) is 19.1 Å². The molecule has 1 atom stereocenters. The SMILES string of the molecule is FC(F)(F)C1CNCCNCCNCC[N-]1.[Ti]. The molecule has 17 heavy (non-hydrogen) atoms. The Morgan fingerprint density at radius 1 is 0.882 bits per heavy atom. The zero-order chi connectivity index (χ0) is 11.9. The summed E-state index contributed by atoms with van der Waals surface area (Å²) in [5, 5.41) is 12.6. The summed E-state index contributed by atoms with van der Waals surface area (Å²) < 4.78 is 37.5. The molecule has 1 unspecified atom stereocenters. The van der Waals surface area contributed by atoms with Gasteiger partial charge in [-0.25, -0.2) is 0 Å². The van der Waals surface area contributed by atoms with Gasteiger partial charge in [-0.15, -0.1) is 6.54 Å². The summed E-state index contributed by atoms with van der Waals surface area (Å²) in [5.41, 5.74) is 0. The van der Waals surface area contributed by atoms with Crippen LogP contribution in [0.4, 0.5) is 13.2 Å². The van der Waals surface area contributed by atoms with Gasteiger partial charge >= 0.3 is 6.18 Å². The average Bonchev–Trinajstić information content (AvgIpc) is 2.16. The maximum Gasteiger partial charge on any atom is 0.374 e. The first kappa shape index (κ1) is 17.3. The fraction of sp³-hybridized carbons (Fsp3) is 1.00. The van der Waals surface area contributed by atoms with E-state index in [2.05, 4.69) is 21.3 Å². The monoisotopic (exact) mass is 287 g/mol. The minimum Gasteiger partial charge on any atom is -0.650 e. The van der Waals surface area contributed by atoms with Crippen molar-refractivity contribution in [2.75, 3.05) is 45.8 Å². The van der Waals surface area contributed by atoms with Gasteiger partial charge in [-0.3, -0.25) is 0 Å². The Kier molecular flexibility index (Phi) is 9.49. The zero-order valence-corrected chi connectivity index (χ0v) is 11.2. The number of hydrogen-bond acceptors (Lipinski definition) is 3. The second-order valence-electron chi connectivity index (χ2n) is 3.67. The van der Waals surface area contributed by atoms with E-state index in [-0.39, 0.29) is 34.8 Å². The van der Waals surface area contributed by atoms with Crippen molar-refractivity contribution in [2.45, 2.75) is 12.2 Å². The van der Waals surface area contributed by atoms with Gasteiger partial charge in [0.25, 0.3) is 0 Å². The molecule has 0 aromatic rings. The zero-order valence-electron chi connectivity index (χ0n) is 9.61. The Hall–Kier alpha value is 0.344. The standard InChI is InChI=1S/C9H18F3N4.Ti/c10-9(11,12)8-7-15-4-3-13-1-2-14-5-6-16-8;/h8,13-15H,1-7H2;/q-1;. The molecule has 1 heterocycles. The second kappa shape index (κ2) is 9.30. The summed E-state index contributed by atoms with van der Waals surface area (Å²) in [6.45, 7) is 3.34. The molecule has 0 aliphatic carbocycles. The van der Waals surface area contributed by atoms with Crippen molar-refractivity contribution in [3.63, 3.8) is 0 Å². The molecule has 0 bridgehead atoms. The van der Waals surface area contributed by atoms with Crippen molar-refractivity contribution in [1.29, 1.82) is 0 Å². The third-order valence-electron chi connectivity index (χ3n) is 2.31. The van der Waals surface area contributed by atoms with Crippen molar-refractivity contribution >= 4 is 0 Å². The van der Waals surface area contributed by atoms with Gasteiger partial charge < -0.3 is 21.3 Å². The minimum atomic E-state index is -4.25. The van der Waals surface area contributed by atoms with Gasteiger partial charge in [0, 0.05) is 47.9 Å². The first-order valence-corrected chi connectivity index (χ1v) is 5.46. The fourth-order valence-corrected chi connectivity index (χ4v) is 1.43. The molecule has 1 saturated heterocycles. The average molecular weight is 287 g/mol. The van der Waals surface area contributed by atoms with Crippen LogP contribution in [-0.4, -0.2) is 58.0 Å². The molecule has 1 rings (SSSR count). The van der Waals surface area contributed by atoms with E-state index in [1.54, 1.807) is 0 Å². The number of nitrogens with one attached hydrogen (secondary N) is 3. The van der Waals surface area contributed by atoms with Crippen LogP contribution < -0.4 is 16.0 Å². The van der Waals surface area contributed by atoms with Crippen LogP contribution in [-0.2, 0) is 21.7 Å². The Morgan fingerprint density at radius 2 is 1.41 bits per heavy atom. The van der Waals surface area contributed by atoms with E-state index >= 15 is 0 Å². The number of nitrogens with zero attached hydrogens (tertiary/aromatic N) is 1. The first-order chi connectivity index (χ1) is 7.61. The summed E-state index contributed by atoms with van der Waals surface area (Å²) >= 11 is 0. The van der Waals surface area contributed by atoms with E-state index in [1.807, 2.05) is 0 Å². The normalized spacial score (nSPS) is 25.2. The van der Waals surface area contributed by atoms with Gasteiger partial charge in [-0.2, -0.15) is 13.2 Å². The third-order valence-corrected chi connectivity index (χ3v) is 2.31. The van der Waals surface area contributed by atoms with Gasteiger partial charge in [-0.1, -0.05) is 0 Å². The molecule has 0 amide bonds. The van der Waals surface area contributed by atoms with Crippen LogP contribution in [0.3, 0.4) is 0 Å². The maximum absolute atomic E-state index is 12.5. The van der Waals surface area contributed by atoms with Crippen molar-refractivity contribution in [1.82, 2.24) is 16.0 Å². The van der Waals surface area contributed by atoms with E-state index in [0.717, 1.165) is 13.1 Å². The van der Waals surface area contributed by atoms with E-state index in [9.17, 15) is 13.2 Å². The molecule has 1 aliphatic rings. The van der Waals surface area contributed by atoms with Crippen LogP contribution in [0, 0.1) is 0 Å². The molecule has 0 aromatic heterocycles. The van der Waals surface area contributed by atoms with E-state index in [4.69, 9.17) is 0 Å². The number of halogens is 3. The Labute approximate surface area is 114 Å². The molecular formula is C9H18F3N4Ti-. The van der Waals surface area contributed by atoms with Crippen LogP contribution in [0.5, 0.6) is 0 Å². The minimum absolute atomic E-state index is 0. The van der Waals surface area contributed by atoms with Gasteiger partial charge in [0.1, 0.15) is 0 Å². The summed E-state index contributed by atoms with van der Waals surface area (Å²) in [5.74, 6) is 0. The van der Waals surface area contributed by atoms with E-state index < -0.39 is 12.2 Å². The summed E-state index contributed by atoms with van der Waals surface area (Å²) in [6.07, 6.45) is -4.25. The summed E-state index contributed by atoms with van der Waals surface area (Å²) in [4.78, 5) is 0. The van der Waals surface area contributed by atoms with Crippen LogP contribution in [0.1, 0.15) is 0 Å². The number of rotatable bonds is 0. The molecule has 0 aromatic carbocycles. The van der Waals surface area contributed by atoms with E-state index in [0.29, 0.717) is 19.6 Å². The number of hydrogen-bond donors (Lipinski definition) is 3. The molecule has 100 valence electrons. The molecule has 0 spiro atoms. The first-order valence-electron chi connectivity index (χ1n) is 5.46. The summed E-state index contributed by atoms with van der Waals surface area (Å²) in [7, 11) is 0. The Bertz CT molecular complexity index is 180. The van der Waals surface area contributed by atoms with Gasteiger partial charge in [0.15, 0.2) is 0 Å². The van der Waals surface area contributed by atoms with Crippen LogP contribution in [0.15, 0.2) is 0 Å². The molecule has 1 fully saturated rings. The molecule has 0 radical (unpaired) electrons. The summed E-state index contributed by atoms with van der Waals surface area (Å²) in [6, 6.07) is -1.59. The third kappa shape index (κ3) is 8.13. The topological polar surface area (TPSA) is 50.2 Å². The maximum atomic E-state index is 12.5. The Balaban J connectivity index is 0.00000256. The van der Waals surface area contributed by atoms with Gasteiger partial charge in [0.05, 0.1) is 0 Å².